The van der Waals surface area contributed by atoms with Crippen molar-refractivity contribution >= 4 is 28.7 Å². The third kappa shape index (κ3) is 3.25. The highest BCUT2D eigenvalue weighted by Crippen LogP contribution is 2.31. The van der Waals surface area contributed by atoms with Gasteiger partial charge in [-0.3, -0.25) is 4.98 Å². The second-order valence-corrected chi connectivity index (χ2v) is 6.17. The highest BCUT2D eigenvalue weighted by molar-refractivity contribution is 5.81. The van der Waals surface area contributed by atoms with E-state index in [2.05, 4.69) is 20.1 Å². The predicted molar refractivity (Wildman–Crippen MR) is 95.9 cm³/mol. The van der Waals surface area contributed by atoms with E-state index in [1.807, 2.05) is 13.8 Å². The highest BCUT2D eigenvalue weighted by Gasteiger charge is 2.30. The lowest BCUT2D eigenvalue weighted by Gasteiger charge is -2.07. The van der Waals surface area contributed by atoms with E-state index < -0.39 is 11.7 Å². The summed E-state index contributed by atoms with van der Waals surface area (Å²) >= 11 is 0. The Bertz CT molecular complexity index is 1150. The minimum atomic E-state index is -4.37. The molecule has 0 saturated heterocycles. The maximum Gasteiger partial charge on any atom is 0.416 e. The van der Waals surface area contributed by atoms with E-state index >= 15 is 0 Å². The summed E-state index contributed by atoms with van der Waals surface area (Å²) in [6.45, 7) is 3.75. The molecule has 0 saturated carbocycles. The van der Waals surface area contributed by atoms with E-state index in [1.54, 1.807) is 35.0 Å². The van der Waals surface area contributed by atoms with Crippen LogP contribution < -0.4 is 0 Å². The van der Waals surface area contributed by atoms with Crippen LogP contribution in [-0.2, 0) is 6.18 Å². The molecule has 0 fully saturated rings. The van der Waals surface area contributed by atoms with Gasteiger partial charge in [0.05, 0.1) is 28.2 Å². The number of nitrogens with zero attached hydrogens (tertiary/aromatic N) is 5. The van der Waals surface area contributed by atoms with Crippen LogP contribution in [0.15, 0.2) is 36.5 Å². The van der Waals surface area contributed by atoms with Crippen LogP contribution in [0.4, 0.5) is 13.2 Å². The van der Waals surface area contributed by atoms with Gasteiger partial charge >= 0.3 is 6.18 Å². The standard InChI is InChI=1S/C19H14F3N5/c1-11-10-23-12(2)18-25-17(26-27(11)18)8-6-15-5-3-13-9-14(19(20,21)22)4-7-16(13)24-15/h3-10H,1-2H3. The summed E-state index contributed by atoms with van der Waals surface area (Å²) in [6, 6.07) is 6.78. The van der Waals surface area contributed by atoms with Crippen molar-refractivity contribution in [3.63, 3.8) is 0 Å². The van der Waals surface area contributed by atoms with Crippen molar-refractivity contribution in [3.8, 4) is 0 Å². The van der Waals surface area contributed by atoms with Gasteiger partial charge in [0.2, 0.25) is 0 Å². The van der Waals surface area contributed by atoms with Crippen molar-refractivity contribution in [3.05, 3.63) is 65.0 Å². The minimum absolute atomic E-state index is 0.435. The Labute approximate surface area is 152 Å². The smallest absolute Gasteiger partial charge is 0.256 e. The second kappa shape index (κ2) is 6.15. The maximum absolute atomic E-state index is 12.8. The molecule has 0 atom stereocenters. The number of hydrogen-bond acceptors (Lipinski definition) is 4. The van der Waals surface area contributed by atoms with Gasteiger partial charge in [0.1, 0.15) is 0 Å². The summed E-state index contributed by atoms with van der Waals surface area (Å²) in [5.74, 6) is 0.503. The van der Waals surface area contributed by atoms with Crippen LogP contribution in [0.5, 0.6) is 0 Å². The first kappa shape index (κ1) is 17.1. The minimum Gasteiger partial charge on any atom is -0.256 e. The molecule has 0 bridgehead atoms. The number of halogens is 3. The number of aromatic nitrogens is 5. The highest BCUT2D eigenvalue weighted by atomic mass is 19.4. The van der Waals surface area contributed by atoms with Gasteiger partial charge in [-0.1, -0.05) is 6.07 Å². The van der Waals surface area contributed by atoms with Crippen LogP contribution in [0.2, 0.25) is 0 Å². The molecule has 0 amide bonds. The number of pyridine rings is 1. The Hall–Kier alpha value is -3.29. The lowest BCUT2D eigenvalue weighted by molar-refractivity contribution is -0.137. The van der Waals surface area contributed by atoms with Crippen molar-refractivity contribution in [2.45, 2.75) is 20.0 Å². The van der Waals surface area contributed by atoms with Gasteiger partial charge in [0, 0.05) is 11.6 Å². The zero-order chi connectivity index (χ0) is 19.2. The van der Waals surface area contributed by atoms with E-state index in [-0.39, 0.29) is 0 Å². The molecule has 0 spiro atoms. The van der Waals surface area contributed by atoms with E-state index in [0.29, 0.717) is 28.1 Å². The zero-order valence-corrected chi connectivity index (χ0v) is 14.5. The molecular weight excluding hydrogens is 355 g/mol. The lowest BCUT2D eigenvalue weighted by Crippen LogP contribution is -2.04. The Kier molecular flexibility index (Phi) is 3.91. The Morgan fingerprint density at radius 2 is 1.81 bits per heavy atom. The number of aryl methyl sites for hydroxylation is 2. The molecule has 1 aromatic carbocycles. The number of fused-ring (bicyclic) bond motifs is 2. The largest absolute Gasteiger partial charge is 0.416 e. The molecule has 4 rings (SSSR count). The first-order valence-electron chi connectivity index (χ1n) is 8.16. The molecule has 0 aliphatic heterocycles. The second-order valence-electron chi connectivity index (χ2n) is 6.17. The quantitative estimate of drug-likeness (QED) is 0.523. The van der Waals surface area contributed by atoms with Crippen LogP contribution in [0.1, 0.15) is 28.5 Å². The molecule has 0 N–H and O–H groups in total. The van der Waals surface area contributed by atoms with Gasteiger partial charge in [-0.2, -0.15) is 13.2 Å². The third-order valence-corrected chi connectivity index (χ3v) is 4.17. The average Bonchev–Trinajstić information content (AvgIpc) is 3.07. The van der Waals surface area contributed by atoms with Crippen molar-refractivity contribution in [2.24, 2.45) is 0 Å². The van der Waals surface area contributed by atoms with Gasteiger partial charge in [-0.15, -0.1) is 5.10 Å². The maximum atomic E-state index is 12.8. The fraction of sp³-hybridized carbons (Fsp3) is 0.158. The molecule has 4 aromatic rings. The Balaban J connectivity index is 1.67. The van der Waals surface area contributed by atoms with Crippen molar-refractivity contribution in [1.82, 2.24) is 24.6 Å². The summed E-state index contributed by atoms with van der Waals surface area (Å²) in [6.07, 6.45) is 0.797. The number of alkyl halides is 3. The fourth-order valence-electron chi connectivity index (χ4n) is 2.75. The van der Waals surface area contributed by atoms with E-state index in [9.17, 15) is 13.2 Å². The molecular formula is C19H14F3N5. The topological polar surface area (TPSA) is 56.0 Å². The van der Waals surface area contributed by atoms with Crippen LogP contribution in [-0.4, -0.2) is 24.6 Å². The summed E-state index contributed by atoms with van der Waals surface area (Å²) in [5, 5.41) is 4.85. The van der Waals surface area contributed by atoms with Gasteiger partial charge in [0.25, 0.3) is 0 Å². The van der Waals surface area contributed by atoms with Crippen LogP contribution in [0.25, 0.3) is 28.7 Å². The normalized spacial score (nSPS) is 12.5. The monoisotopic (exact) mass is 369 g/mol. The summed E-state index contributed by atoms with van der Waals surface area (Å²) in [7, 11) is 0. The third-order valence-electron chi connectivity index (χ3n) is 4.17. The van der Waals surface area contributed by atoms with E-state index in [4.69, 9.17) is 0 Å². The molecule has 3 heterocycles. The summed E-state index contributed by atoms with van der Waals surface area (Å²) < 4.78 is 40.1. The fourth-order valence-corrected chi connectivity index (χ4v) is 2.75. The van der Waals surface area contributed by atoms with Gasteiger partial charge in [-0.25, -0.2) is 14.5 Å². The molecule has 3 aromatic heterocycles. The lowest BCUT2D eigenvalue weighted by atomic mass is 10.1. The summed E-state index contributed by atoms with van der Waals surface area (Å²) in [5.41, 5.74) is 2.73. The van der Waals surface area contributed by atoms with Gasteiger partial charge in [-0.05, 0) is 50.3 Å². The number of rotatable bonds is 2. The molecule has 0 radical (unpaired) electrons. The molecule has 8 heteroatoms. The van der Waals surface area contributed by atoms with Crippen molar-refractivity contribution in [1.29, 1.82) is 0 Å². The average molecular weight is 369 g/mol. The van der Waals surface area contributed by atoms with Crippen LogP contribution in [0.3, 0.4) is 0 Å². The first-order chi connectivity index (χ1) is 12.8. The number of hydrogen-bond donors (Lipinski definition) is 0. The number of benzene rings is 1. The molecule has 136 valence electrons. The Morgan fingerprint density at radius 1 is 1.00 bits per heavy atom. The molecule has 27 heavy (non-hydrogen) atoms. The van der Waals surface area contributed by atoms with Gasteiger partial charge in [0.15, 0.2) is 11.5 Å². The predicted octanol–water partition coefficient (Wildman–Crippen LogP) is 4.48. The SMILES string of the molecule is Cc1ncc(C)n2nc(C=Cc3ccc4cc(C(F)(F)F)ccc4n3)nc12. The first-order valence-corrected chi connectivity index (χ1v) is 8.16. The molecule has 0 unspecified atom stereocenters. The molecule has 0 aliphatic carbocycles. The Morgan fingerprint density at radius 3 is 2.56 bits per heavy atom. The zero-order valence-electron chi connectivity index (χ0n) is 14.5. The summed E-state index contributed by atoms with van der Waals surface area (Å²) in [4.78, 5) is 13.1. The molecule has 5 nitrogen and oxygen atoms in total. The van der Waals surface area contributed by atoms with Crippen LogP contribution >= 0.6 is 0 Å². The van der Waals surface area contributed by atoms with Gasteiger partial charge < -0.3 is 0 Å². The van der Waals surface area contributed by atoms with Crippen molar-refractivity contribution in [2.75, 3.05) is 0 Å². The van der Waals surface area contributed by atoms with Crippen LogP contribution in [0, 0.1) is 13.8 Å². The van der Waals surface area contributed by atoms with E-state index in [1.165, 1.54) is 6.07 Å². The molecule has 0 aliphatic rings. The van der Waals surface area contributed by atoms with E-state index in [0.717, 1.165) is 23.5 Å². The van der Waals surface area contributed by atoms with Crippen molar-refractivity contribution < 1.29 is 13.2 Å².